The number of rotatable bonds is 9. The van der Waals surface area contributed by atoms with Crippen molar-refractivity contribution >= 4 is 33.2 Å². The van der Waals surface area contributed by atoms with E-state index in [9.17, 15) is 13.2 Å². The molecule has 1 N–H and O–H groups in total. The quantitative estimate of drug-likeness (QED) is 0.452. The largest absolute Gasteiger partial charge is 0.355 e. The first kappa shape index (κ1) is 23.8. The van der Waals surface area contributed by atoms with Gasteiger partial charge in [-0.15, -0.1) is 0 Å². The Morgan fingerprint density at radius 3 is 2.31 bits per heavy atom. The topological polar surface area (TPSA) is 66.5 Å². The van der Waals surface area contributed by atoms with Gasteiger partial charge in [0.1, 0.15) is 6.54 Å². The lowest BCUT2D eigenvalue weighted by Crippen LogP contribution is -2.41. The second kappa shape index (κ2) is 10.7. The van der Waals surface area contributed by atoms with Gasteiger partial charge in [-0.05, 0) is 73.7 Å². The van der Waals surface area contributed by atoms with Gasteiger partial charge in [-0.3, -0.25) is 9.10 Å². The molecule has 0 atom stereocenters. The monoisotopic (exact) mass is 470 g/mol. The highest BCUT2D eigenvalue weighted by Crippen LogP contribution is 2.25. The predicted molar refractivity (Wildman–Crippen MR) is 130 cm³/mol. The van der Waals surface area contributed by atoms with Crippen LogP contribution in [0.2, 0.25) is 5.02 Å². The van der Waals surface area contributed by atoms with Gasteiger partial charge in [0.05, 0.1) is 10.6 Å². The van der Waals surface area contributed by atoms with Crippen LogP contribution in [0.3, 0.4) is 0 Å². The third kappa shape index (κ3) is 5.90. The molecule has 1 amide bonds. The lowest BCUT2D eigenvalue weighted by atomic mass is 10.1. The fourth-order valence-electron chi connectivity index (χ4n) is 3.31. The molecule has 32 heavy (non-hydrogen) atoms. The third-order valence-corrected chi connectivity index (χ3v) is 7.46. The Labute approximate surface area is 195 Å². The SMILES string of the molecule is Cc1ccc(N(CC(=O)NCCCc2ccccc2Cl)S(=O)(=O)c2ccccc2)cc1C. The molecule has 0 bridgehead atoms. The number of benzene rings is 3. The summed E-state index contributed by atoms with van der Waals surface area (Å²) in [5.74, 6) is -0.359. The van der Waals surface area contributed by atoms with Crippen LogP contribution in [0, 0.1) is 13.8 Å². The Kier molecular flexibility index (Phi) is 7.94. The average molecular weight is 471 g/mol. The van der Waals surface area contributed by atoms with Crippen molar-refractivity contribution in [1.29, 1.82) is 0 Å². The van der Waals surface area contributed by atoms with Crippen LogP contribution < -0.4 is 9.62 Å². The second-order valence-corrected chi connectivity index (χ2v) is 9.91. The molecule has 0 heterocycles. The minimum absolute atomic E-state index is 0.143. The maximum absolute atomic E-state index is 13.3. The van der Waals surface area contributed by atoms with E-state index in [1.165, 1.54) is 12.1 Å². The summed E-state index contributed by atoms with van der Waals surface area (Å²) in [6.45, 7) is 4.00. The zero-order chi connectivity index (χ0) is 23.1. The van der Waals surface area contributed by atoms with Crippen molar-refractivity contribution in [2.45, 2.75) is 31.6 Å². The number of aryl methyl sites for hydroxylation is 3. The van der Waals surface area contributed by atoms with Gasteiger partial charge in [-0.1, -0.05) is 54.1 Å². The fourth-order valence-corrected chi connectivity index (χ4v) is 4.97. The van der Waals surface area contributed by atoms with Crippen molar-refractivity contribution in [2.75, 3.05) is 17.4 Å². The third-order valence-electron chi connectivity index (χ3n) is 5.30. The molecule has 0 aliphatic rings. The first-order valence-electron chi connectivity index (χ1n) is 10.4. The van der Waals surface area contributed by atoms with Gasteiger partial charge in [0.25, 0.3) is 10.0 Å². The maximum atomic E-state index is 13.3. The van der Waals surface area contributed by atoms with Crippen molar-refractivity contribution < 1.29 is 13.2 Å². The Hall–Kier alpha value is -2.83. The van der Waals surface area contributed by atoms with Gasteiger partial charge in [0.15, 0.2) is 0 Å². The van der Waals surface area contributed by atoms with Gasteiger partial charge in [-0.2, -0.15) is 0 Å². The zero-order valence-corrected chi connectivity index (χ0v) is 19.8. The van der Waals surface area contributed by atoms with E-state index >= 15 is 0 Å². The molecule has 0 aliphatic heterocycles. The van der Waals surface area contributed by atoms with Crippen LogP contribution in [0.1, 0.15) is 23.1 Å². The smallest absolute Gasteiger partial charge is 0.264 e. The molecular formula is C25H27ClN2O3S. The molecule has 3 aromatic rings. The first-order chi connectivity index (χ1) is 15.3. The van der Waals surface area contributed by atoms with E-state index in [-0.39, 0.29) is 17.3 Å². The summed E-state index contributed by atoms with van der Waals surface area (Å²) in [7, 11) is -3.90. The Morgan fingerprint density at radius 2 is 1.62 bits per heavy atom. The van der Waals surface area contributed by atoms with E-state index in [0.29, 0.717) is 23.7 Å². The molecule has 0 spiro atoms. The van der Waals surface area contributed by atoms with Gasteiger partial charge in [0, 0.05) is 11.6 Å². The summed E-state index contributed by atoms with van der Waals surface area (Å²) in [5, 5.41) is 3.54. The van der Waals surface area contributed by atoms with Gasteiger partial charge < -0.3 is 5.32 Å². The number of anilines is 1. The van der Waals surface area contributed by atoms with Crippen LogP contribution in [0.4, 0.5) is 5.69 Å². The molecule has 3 aromatic carbocycles. The van der Waals surface area contributed by atoms with Crippen molar-refractivity contribution in [2.24, 2.45) is 0 Å². The maximum Gasteiger partial charge on any atom is 0.264 e. The van der Waals surface area contributed by atoms with E-state index in [0.717, 1.165) is 27.4 Å². The summed E-state index contributed by atoms with van der Waals surface area (Å²) in [6, 6.07) is 21.1. The number of carbonyl (C=O) groups is 1. The minimum atomic E-state index is -3.90. The Bertz CT molecular complexity index is 1180. The number of hydrogen-bond donors (Lipinski definition) is 1. The molecule has 3 rings (SSSR count). The van der Waals surface area contributed by atoms with E-state index < -0.39 is 10.0 Å². The number of hydrogen-bond acceptors (Lipinski definition) is 3. The molecular weight excluding hydrogens is 444 g/mol. The summed E-state index contributed by atoms with van der Waals surface area (Å²) < 4.78 is 27.9. The standard InChI is InChI=1S/C25H27ClN2O3S/c1-19-14-15-22(17-20(19)2)28(32(30,31)23-11-4-3-5-12-23)18-25(29)27-16-8-10-21-9-6-7-13-24(21)26/h3-7,9,11-15,17H,8,10,16,18H2,1-2H3,(H,27,29). The van der Waals surface area contributed by atoms with Crippen molar-refractivity contribution in [3.8, 4) is 0 Å². The first-order valence-corrected chi connectivity index (χ1v) is 12.3. The lowest BCUT2D eigenvalue weighted by Gasteiger charge is -2.25. The van der Waals surface area contributed by atoms with Gasteiger partial charge in [0.2, 0.25) is 5.91 Å². The van der Waals surface area contributed by atoms with Crippen LogP contribution in [-0.4, -0.2) is 27.4 Å². The molecule has 0 aliphatic carbocycles. The summed E-state index contributed by atoms with van der Waals surface area (Å²) >= 11 is 6.17. The molecule has 5 nitrogen and oxygen atoms in total. The normalized spacial score (nSPS) is 11.2. The lowest BCUT2D eigenvalue weighted by molar-refractivity contribution is -0.119. The second-order valence-electron chi connectivity index (χ2n) is 7.64. The predicted octanol–water partition coefficient (Wildman–Crippen LogP) is 4.90. The molecule has 0 saturated carbocycles. The minimum Gasteiger partial charge on any atom is -0.355 e. The number of amides is 1. The highest BCUT2D eigenvalue weighted by atomic mass is 35.5. The fraction of sp³-hybridized carbons (Fsp3) is 0.240. The molecule has 7 heteroatoms. The van der Waals surface area contributed by atoms with Gasteiger partial charge >= 0.3 is 0 Å². The van der Waals surface area contributed by atoms with Gasteiger partial charge in [-0.25, -0.2) is 8.42 Å². The Balaban J connectivity index is 1.73. The molecule has 0 aromatic heterocycles. The highest BCUT2D eigenvalue weighted by Gasteiger charge is 2.27. The van der Waals surface area contributed by atoms with Crippen LogP contribution >= 0.6 is 11.6 Å². The van der Waals surface area contributed by atoms with E-state index in [4.69, 9.17) is 11.6 Å². The summed E-state index contributed by atoms with van der Waals surface area (Å²) in [5.41, 5.74) is 3.49. The number of carbonyl (C=O) groups excluding carboxylic acids is 1. The molecule has 0 unspecified atom stereocenters. The molecule has 0 saturated heterocycles. The van der Waals surface area contributed by atoms with Crippen LogP contribution in [-0.2, 0) is 21.2 Å². The molecule has 168 valence electrons. The van der Waals surface area contributed by atoms with Crippen molar-refractivity contribution in [3.05, 3.63) is 94.5 Å². The van der Waals surface area contributed by atoms with Crippen LogP contribution in [0.5, 0.6) is 0 Å². The number of halogens is 1. The molecule has 0 radical (unpaired) electrons. The summed E-state index contributed by atoms with van der Waals surface area (Å²) in [4.78, 5) is 12.8. The highest BCUT2D eigenvalue weighted by molar-refractivity contribution is 7.92. The van der Waals surface area contributed by atoms with Crippen LogP contribution in [0.15, 0.2) is 77.7 Å². The van der Waals surface area contributed by atoms with Crippen molar-refractivity contribution in [1.82, 2.24) is 5.32 Å². The van der Waals surface area contributed by atoms with E-state index in [1.54, 1.807) is 30.3 Å². The Morgan fingerprint density at radius 1 is 0.938 bits per heavy atom. The number of nitrogens with one attached hydrogen (secondary N) is 1. The summed E-state index contributed by atoms with van der Waals surface area (Å²) in [6.07, 6.45) is 1.42. The number of sulfonamides is 1. The van der Waals surface area contributed by atoms with Crippen molar-refractivity contribution in [3.63, 3.8) is 0 Å². The van der Waals surface area contributed by atoms with E-state index in [1.807, 2.05) is 44.2 Å². The average Bonchev–Trinajstić information content (AvgIpc) is 2.78. The molecule has 0 fully saturated rings. The zero-order valence-electron chi connectivity index (χ0n) is 18.2. The number of nitrogens with zero attached hydrogens (tertiary/aromatic N) is 1. The van der Waals surface area contributed by atoms with Crippen LogP contribution in [0.25, 0.3) is 0 Å². The van der Waals surface area contributed by atoms with E-state index in [2.05, 4.69) is 5.32 Å².